The van der Waals surface area contributed by atoms with E-state index in [1.807, 2.05) is 6.26 Å². The fourth-order valence-electron chi connectivity index (χ4n) is 7.63. The van der Waals surface area contributed by atoms with Crippen LogP contribution in [0.25, 0.3) is 0 Å². The fourth-order valence-corrected chi connectivity index (χ4v) is 7.63. The Balaban J connectivity index is 1.54. The van der Waals surface area contributed by atoms with Gasteiger partial charge in [0.2, 0.25) is 5.91 Å². The molecular weight excluding hydrogens is 312 g/mol. The van der Waals surface area contributed by atoms with Crippen molar-refractivity contribution >= 4 is 11.6 Å². The molecule has 0 aromatic heterocycles. The zero-order chi connectivity index (χ0) is 16.3. The largest absolute Gasteiger partial charge is 0.497 e. The Morgan fingerprint density at radius 2 is 2.16 bits per heavy atom. The van der Waals surface area contributed by atoms with E-state index in [-0.39, 0.29) is 17.4 Å². The highest BCUT2D eigenvalue weighted by molar-refractivity contribution is 5.99. The van der Waals surface area contributed by atoms with Gasteiger partial charge in [-0.3, -0.25) is 9.69 Å². The molecule has 3 saturated heterocycles. The van der Waals surface area contributed by atoms with Crippen LogP contribution in [0.15, 0.2) is 36.6 Å². The smallest absolute Gasteiger partial charge is 0.231 e. The number of anilines is 1. The van der Waals surface area contributed by atoms with E-state index < -0.39 is 0 Å². The van der Waals surface area contributed by atoms with Crippen molar-refractivity contribution in [3.8, 4) is 0 Å². The quantitative estimate of drug-likeness (QED) is 0.730. The fraction of sp³-hybridized carbons (Fsp3) is 0.571. The average Bonchev–Trinajstić information content (AvgIpc) is 3.10. The molecule has 1 aromatic carbocycles. The predicted molar refractivity (Wildman–Crippen MR) is 93.1 cm³/mol. The summed E-state index contributed by atoms with van der Waals surface area (Å²) in [5, 5.41) is 0. The summed E-state index contributed by atoms with van der Waals surface area (Å²) in [5.41, 5.74) is 2.76. The van der Waals surface area contributed by atoms with Crippen LogP contribution in [0.3, 0.4) is 0 Å². The summed E-state index contributed by atoms with van der Waals surface area (Å²) >= 11 is 0. The molecule has 128 valence electrons. The topological polar surface area (TPSA) is 32.8 Å². The molecule has 0 N–H and O–H groups in total. The van der Waals surface area contributed by atoms with Gasteiger partial charge >= 0.3 is 0 Å². The van der Waals surface area contributed by atoms with E-state index in [2.05, 4.69) is 40.1 Å². The third-order valence-electron chi connectivity index (χ3n) is 8.32. The van der Waals surface area contributed by atoms with Crippen LogP contribution in [0.2, 0.25) is 0 Å². The second kappa shape index (κ2) is 4.12. The van der Waals surface area contributed by atoms with Crippen molar-refractivity contribution in [2.24, 2.45) is 17.8 Å². The van der Waals surface area contributed by atoms with Gasteiger partial charge in [-0.05, 0) is 48.9 Å². The first-order valence-corrected chi connectivity index (χ1v) is 9.77. The summed E-state index contributed by atoms with van der Waals surface area (Å²) in [6.45, 7) is 2.34. The summed E-state index contributed by atoms with van der Waals surface area (Å²) in [5.74, 6) is 1.98. The molecule has 5 aliphatic heterocycles. The highest BCUT2D eigenvalue weighted by Crippen LogP contribution is 2.65. The molecule has 1 spiro atoms. The van der Waals surface area contributed by atoms with E-state index in [9.17, 15) is 4.79 Å². The molecule has 1 amide bonds. The van der Waals surface area contributed by atoms with Gasteiger partial charge in [-0.25, -0.2) is 0 Å². The summed E-state index contributed by atoms with van der Waals surface area (Å²) in [6.07, 6.45) is 7.27. The number of ether oxygens (including phenoxy) is 1. The molecule has 2 bridgehead atoms. The third-order valence-corrected chi connectivity index (χ3v) is 8.32. The first-order valence-electron chi connectivity index (χ1n) is 9.77. The molecule has 25 heavy (non-hydrogen) atoms. The van der Waals surface area contributed by atoms with E-state index in [1.54, 1.807) is 0 Å². The van der Waals surface area contributed by atoms with Gasteiger partial charge in [0.05, 0.1) is 18.7 Å². The molecule has 1 aliphatic carbocycles. The number of hydrogen-bond acceptors (Lipinski definition) is 3. The van der Waals surface area contributed by atoms with Gasteiger partial charge in [-0.15, -0.1) is 0 Å². The van der Waals surface area contributed by atoms with Crippen molar-refractivity contribution in [1.82, 2.24) is 4.90 Å². The molecule has 7 rings (SSSR count). The summed E-state index contributed by atoms with van der Waals surface area (Å²) in [4.78, 5) is 18.1. The van der Waals surface area contributed by atoms with Gasteiger partial charge in [0.15, 0.2) is 0 Å². The Bertz CT molecular complexity index is 835. The molecule has 0 unspecified atom stereocenters. The average molecular weight is 334 g/mol. The first kappa shape index (κ1) is 13.4. The second-order valence-corrected chi connectivity index (χ2v) is 8.87. The van der Waals surface area contributed by atoms with Gasteiger partial charge in [0.25, 0.3) is 0 Å². The normalized spacial score (nSPS) is 48.2. The number of carbonyl (C=O) groups is 1. The molecule has 1 aromatic rings. The predicted octanol–water partition coefficient (Wildman–Crippen LogP) is 2.30. The van der Waals surface area contributed by atoms with Gasteiger partial charge in [-0.2, -0.15) is 0 Å². The number of piperidine rings is 2. The number of amides is 1. The van der Waals surface area contributed by atoms with E-state index in [0.717, 1.165) is 0 Å². The standard InChI is InChI=1S/C21H22N2O2/c24-18-10-16-19-13-9-17-21(6-7-22(17)11-12(13)5-8-25-16)14-3-1-2-4-15(14)23(18)20(19)21/h1-5,8,12-13,16-17,19-20H,6-7,9-11H2/t12-,13+,16-,17+,19+,20+,21-/m1/s1. The van der Waals surface area contributed by atoms with E-state index in [1.165, 1.54) is 37.2 Å². The molecule has 4 fully saturated rings. The maximum absolute atomic E-state index is 13.2. The third kappa shape index (κ3) is 1.31. The van der Waals surface area contributed by atoms with Crippen LogP contribution in [0.4, 0.5) is 5.69 Å². The Hall–Kier alpha value is -1.81. The van der Waals surface area contributed by atoms with E-state index in [0.29, 0.717) is 36.3 Å². The van der Waals surface area contributed by atoms with Gasteiger partial charge in [0, 0.05) is 29.6 Å². The first-order chi connectivity index (χ1) is 12.3. The van der Waals surface area contributed by atoms with Gasteiger partial charge < -0.3 is 9.64 Å². The zero-order valence-electron chi connectivity index (χ0n) is 14.2. The van der Waals surface area contributed by atoms with Gasteiger partial charge in [-0.1, -0.05) is 18.2 Å². The summed E-state index contributed by atoms with van der Waals surface area (Å²) < 4.78 is 6.15. The van der Waals surface area contributed by atoms with Crippen LogP contribution in [-0.4, -0.2) is 42.1 Å². The Labute approximate surface area is 147 Å². The lowest BCUT2D eigenvalue weighted by molar-refractivity contribution is -0.132. The van der Waals surface area contributed by atoms with Crippen molar-refractivity contribution in [1.29, 1.82) is 0 Å². The van der Waals surface area contributed by atoms with Crippen molar-refractivity contribution < 1.29 is 9.53 Å². The minimum atomic E-state index is 0.0688. The number of nitrogens with zero attached hydrogens (tertiary/aromatic N) is 2. The van der Waals surface area contributed by atoms with Crippen molar-refractivity contribution in [2.45, 2.75) is 42.9 Å². The minimum absolute atomic E-state index is 0.0688. The molecule has 0 radical (unpaired) electrons. The SMILES string of the molecule is O=C1C[C@H]2OC=C[C@@H]3CN4CC[C@]56c7ccccc7N1[C@H]5[C@H]2[C@H]3C[C@H]46. The second-order valence-electron chi connectivity index (χ2n) is 8.87. The maximum atomic E-state index is 13.2. The molecule has 4 nitrogen and oxygen atoms in total. The lowest BCUT2D eigenvalue weighted by Crippen LogP contribution is -2.70. The van der Waals surface area contributed by atoms with Crippen LogP contribution < -0.4 is 4.90 Å². The highest BCUT2D eigenvalue weighted by atomic mass is 16.5. The minimum Gasteiger partial charge on any atom is -0.497 e. The van der Waals surface area contributed by atoms with Crippen molar-refractivity contribution in [2.75, 3.05) is 18.0 Å². The molecule has 4 heteroatoms. The Kier molecular flexibility index (Phi) is 2.21. The summed E-state index contributed by atoms with van der Waals surface area (Å²) in [6, 6.07) is 9.65. The van der Waals surface area contributed by atoms with Gasteiger partial charge in [0.1, 0.15) is 6.10 Å². The van der Waals surface area contributed by atoms with Crippen LogP contribution >= 0.6 is 0 Å². The van der Waals surface area contributed by atoms with Crippen LogP contribution in [-0.2, 0) is 14.9 Å². The number of carbonyl (C=O) groups excluding carboxylic acids is 1. The van der Waals surface area contributed by atoms with Crippen LogP contribution in [0.1, 0.15) is 24.8 Å². The molecular formula is C21H22N2O2. The number of hydrogen-bond donors (Lipinski definition) is 0. The lowest BCUT2D eigenvalue weighted by atomic mass is 9.52. The number of benzene rings is 1. The molecule has 1 saturated carbocycles. The molecule has 5 heterocycles. The highest BCUT2D eigenvalue weighted by Gasteiger charge is 2.71. The van der Waals surface area contributed by atoms with E-state index >= 15 is 0 Å². The van der Waals surface area contributed by atoms with Crippen LogP contribution in [0, 0.1) is 17.8 Å². The van der Waals surface area contributed by atoms with Crippen molar-refractivity contribution in [3.63, 3.8) is 0 Å². The monoisotopic (exact) mass is 334 g/mol. The number of para-hydroxylation sites is 1. The Morgan fingerprint density at radius 1 is 1.24 bits per heavy atom. The van der Waals surface area contributed by atoms with Crippen molar-refractivity contribution in [3.05, 3.63) is 42.2 Å². The lowest BCUT2D eigenvalue weighted by Gasteiger charge is -2.59. The van der Waals surface area contributed by atoms with Crippen LogP contribution in [0.5, 0.6) is 0 Å². The summed E-state index contributed by atoms with van der Waals surface area (Å²) in [7, 11) is 0. The Morgan fingerprint density at radius 3 is 3.12 bits per heavy atom. The number of rotatable bonds is 0. The number of fused-ring (bicyclic) bond motifs is 2. The maximum Gasteiger partial charge on any atom is 0.231 e. The molecule has 6 aliphatic rings. The van der Waals surface area contributed by atoms with E-state index in [4.69, 9.17) is 4.74 Å². The zero-order valence-corrected chi connectivity index (χ0v) is 14.2. The molecule has 7 atom stereocenters.